The summed E-state index contributed by atoms with van der Waals surface area (Å²) in [7, 11) is 0. The van der Waals surface area contributed by atoms with Gasteiger partial charge in [0.1, 0.15) is 17.7 Å². The summed E-state index contributed by atoms with van der Waals surface area (Å²) in [6, 6.07) is 16.9. The van der Waals surface area contributed by atoms with Crippen LogP contribution in [-0.2, 0) is 20.7 Å². The Hall–Kier alpha value is -3.79. The van der Waals surface area contributed by atoms with E-state index in [0.29, 0.717) is 12.1 Å². The molecule has 2 aromatic carbocycles. The highest BCUT2D eigenvalue weighted by molar-refractivity contribution is 5.93. The number of alkyl carbamates (subject to hydrolysis) is 1. The molecule has 0 spiro atoms. The first-order valence-corrected chi connectivity index (χ1v) is 12.7. The summed E-state index contributed by atoms with van der Waals surface area (Å²) >= 11 is 0. The normalized spacial score (nSPS) is 12.5. The Morgan fingerprint density at radius 2 is 1.76 bits per heavy atom. The Bertz CT molecular complexity index is 1090. The lowest BCUT2D eigenvalue weighted by molar-refractivity contribution is -0.138. The van der Waals surface area contributed by atoms with Gasteiger partial charge < -0.3 is 15.4 Å². The van der Waals surface area contributed by atoms with E-state index >= 15 is 0 Å². The molecule has 0 saturated carbocycles. The lowest BCUT2D eigenvalue weighted by atomic mass is 9.99. The van der Waals surface area contributed by atoms with Crippen molar-refractivity contribution in [3.05, 3.63) is 71.3 Å². The van der Waals surface area contributed by atoms with Crippen LogP contribution in [0.2, 0.25) is 0 Å². The molecule has 2 rings (SSSR count). The molecule has 0 aliphatic rings. The van der Waals surface area contributed by atoms with Crippen molar-refractivity contribution < 1.29 is 19.1 Å². The van der Waals surface area contributed by atoms with E-state index in [9.17, 15) is 14.4 Å². The number of benzene rings is 2. The average Bonchev–Trinajstić information content (AvgIpc) is 2.83. The van der Waals surface area contributed by atoms with Gasteiger partial charge in [-0.1, -0.05) is 86.3 Å². The topological polar surface area (TPSA) is 87.7 Å². The molecule has 0 heterocycles. The quantitative estimate of drug-likeness (QED) is 0.258. The minimum Gasteiger partial charge on any atom is -0.444 e. The van der Waals surface area contributed by atoms with Crippen LogP contribution in [-0.4, -0.2) is 41.0 Å². The van der Waals surface area contributed by atoms with Gasteiger partial charge in [-0.25, -0.2) is 4.79 Å². The van der Waals surface area contributed by atoms with E-state index in [1.54, 1.807) is 26.8 Å². The number of hydrogen-bond donors (Lipinski definition) is 2. The van der Waals surface area contributed by atoms with Gasteiger partial charge in [0.15, 0.2) is 0 Å². The summed E-state index contributed by atoms with van der Waals surface area (Å²) in [4.78, 5) is 41.0. The molecule has 0 bridgehead atoms. The standard InChI is InChI=1S/C30H39N3O4/c1-7-9-13-19-31-27(34)26(24-18-14-15-22(3)20-24)33(8-2)28(35)25(21-23-16-11-10-12-17-23)32-29(36)37-30(4,5)6/h2,10-12,14-18,20,25-26H,7,9,13,19,21H2,1,3-6H3,(H,31,34)(H,32,36). The fraction of sp³-hybridized carbons (Fsp3) is 0.433. The molecule has 0 aliphatic carbocycles. The molecule has 37 heavy (non-hydrogen) atoms. The average molecular weight is 506 g/mol. The molecule has 2 atom stereocenters. The summed E-state index contributed by atoms with van der Waals surface area (Å²) in [5.41, 5.74) is 1.59. The Labute approximate surface area is 221 Å². The van der Waals surface area contributed by atoms with E-state index < -0.39 is 29.7 Å². The van der Waals surface area contributed by atoms with Gasteiger partial charge in [-0.05, 0) is 45.2 Å². The maximum Gasteiger partial charge on any atom is 0.408 e. The van der Waals surface area contributed by atoms with Crippen LogP contribution in [0.4, 0.5) is 4.79 Å². The fourth-order valence-electron chi connectivity index (χ4n) is 3.87. The second-order valence-corrected chi connectivity index (χ2v) is 10.0. The molecule has 7 nitrogen and oxygen atoms in total. The Morgan fingerprint density at radius 3 is 2.35 bits per heavy atom. The molecule has 3 amide bonds. The molecule has 2 aromatic rings. The summed E-state index contributed by atoms with van der Waals surface area (Å²) in [5, 5.41) is 5.60. The number of carbonyl (C=O) groups excluding carboxylic acids is 3. The first-order chi connectivity index (χ1) is 17.6. The number of nitrogens with one attached hydrogen (secondary N) is 2. The highest BCUT2D eigenvalue weighted by atomic mass is 16.6. The Kier molecular flexibility index (Phi) is 11.2. The van der Waals surface area contributed by atoms with Gasteiger partial charge in [-0.3, -0.25) is 14.5 Å². The van der Waals surface area contributed by atoms with Gasteiger partial charge in [-0.15, -0.1) is 0 Å². The molecule has 0 aliphatic heterocycles. The lowest BCUT2D eigenvalue weighted by Crippen LogP contribution is -2.52. The smallest absolute Gasteiger partial charge is 0.408 e. The zero-order valence-electron chi connectivity index (χ0n) is 22.5. The third kappa shape index (κ3) is 9.64. The van der Waals surface area contributed by atoms with Gasteiger partial charge in [0.2, 0.25) is 5.91 Å². The molecule has 7 heteroatoms. The van der Waals surface area contributed by atoms with Crippen LogP contribution in [0.15, 0.2) is 54.6 Å². The molecule has 0 saturated heterocycles. The number of terminal acetylenes is 1. The second-order valence-electron chi connectivity index (χ2n) is 10.0. The summed E-state index contributed by atoms with van der Waals surface area (Å²) in [6.07, 6.45) is 8.11. The van der Waals surface area contributed by atoms with Crippen molar-refractivity contribution in [2.45, 2.75) is 78.0 Å². The van der Waals surface area contributed by atoms with Crippen LogP contribution < -0.4 is 10.6 Å². The number of carbonyl (C=O) groups is 3. The van der Waals surface area contributed by atoms with E-state index in [4.69, 9.17) is 11.2 Å². The predicted molar refractivity (Wildman–Crippen MR) is 145 cm³/mol. The van der Waals surface area contributed by atoms with Crippen molar-refractivity contribution in [2.24, 2.45) is 0 Å². The Morgan fingerprint density at radius 1 is 1.05 bits per heavy atom. The number of unbranched alkanes of at least 4 members (excludes halogenated alkanes) is 2. The molecule has 198 valence electrons. The minimum atomic E-state index is -1.06. The van der Waals surface area contributed by atoms with E-state index in [-0.39, 0.29) is 12.3 Å². The lowest BCUT2D eigenvalue weighted by Gasteiger charge is -2.30. The number of ether oxygens (including phenoxy) is 1. The summed E-state index contributed by atoms with van der Waals surface area (Å²) < 4.78 is 5.40. The molecule has 0 radical (unpaired) electrons. The van der Waals surface area contributed by atoms with Crippen LogP contribution in [0.1, 0.15) is 69.7 Å². The molecule has 2 unspecified atom stereocenters. The SMILES string of the molecule is C#CN(C(=O)C(Cc1ccccc1)NC(=O)OC(C)(C)C)C(C(=O)NCCCCC)c1cccc(C)c1. The first-order valence-electron chi connectivity index (χ1n) is 12.7. The molecular formula is C30H39N3O4. The van der Waals surface area contributed by atoms with Crippen molar-refractivity contribution in [3.63, 3.8) is 0 Å². The predicted octanol–water partition coefficient (Wildman–Crippen LogP) is 4.90. The molecule has 0 fully saturated rings. The van der Waals surface area contributed by atoms with Crippen molar-refractivity contribution in [3.8, 4) is 12.5 Å². The van der Waals surface area contributed by atoms with E-state index in [1.165, 1.54) is 0 Å². The summed E-state index contributed by atoms with van der Waals surface area (Å²) in [6.45, 7) is 9.69. The van der Waals surface area contributed by atoms with Crippen molar-refractivity contribution in [2.75, 3.05) is 6.54 Å². The number of nitrogens with zero attached hydrogens (tertiary/aromatic N) is 1. The zero-order chi connectivity index (χ0) is 27.4. The van der Waals surface area contributed by atoms with Crippen LogP contribution in [0.25, 0.3) is 0 Å². The van der Waals surface area contributed by atoms with Gasteiger partial charge in [0, 0.05) is 19.0 Å². The van der Waals surface area contributed by atoms with Crippen molar-refractivity contribution >= 4 is 17.9 Å². The second kappa shape index (κ2) is 14.1. The van der Waals surface area contributed by atoms with Gasteiger partial charge in [0.05, 0.1) is 0 Å². The van der Waals surface area contributed by atoms with Gasteiger partial charge in [0.25, 0.3) is 5.91 Å². The van der Waals surface area contributed by atoms with Crippen LogP contribution in [0, 0.1) is 19.4 Å². The first kappa shape index (κ1) is 29.4. The molecule has 2 N–H and O–H groups in total. The monoisotopic (exact) mass is 505 g/mol. The third-order valence-electron chi connectivity index (χ3n) is 5.59. The maximum absolute atomic E-state index is 13.9. The van der Waals surface area contributed by atoms with E-state index in [1.807, 2.05) is 55.5 Å². The van der Waals surface area contributed by atoms with Gasteiger partial charge in [-0.2, -0.15) is 0 Å². The number of rotatable bonds is 11. The van der Waals surface area contributed by atoms with E-state index in [0.717, 1.165) is 35.3 Å². The van der Waals surface area contributed by atoms with Crippen LogP contribution in [0.5, 0.6) is 0 Å². The molecule has 0 aromatic heterocycles. The maximum atomic E-state index is 13.9. The Balaban J connectivity index is 2.42. The highest BCUT2D eigenvalue weighted by Crippen LogP contribution is 2.24. The largest absolute Gasteiger partial charge is 0.444 e. The highest BCUT2D eigenvalue weighted by Gasteiger charge is 2.36. The summed E-state index contributed by atoms with van der Waals surface area (Å²) in [5.74, 6) is -0.948. The third-order valence-corrected chi connectivity index (χ3v) is 5.59. The number of amides is 3. The zero-order valence-corrected chi connectivity index (χ0v) is 22.5. The van der Waals surface area contributed by atoms with Crippen LogP contribution >= 0.6 is 0 Å². The van der Waals surface area contributed by atoms with E-state index in [2.05, 4.69) is 23.6 Å². The van der Waals surface area contributed by atoms with Crippen LogP contribution in [0.3, 0.4) is 0 Å². The number of hydrogen-bond acceptors (Lipinski definition) is 4. The van der Waals surface area contributed by atoms with Gasteiger partial charge >= 0.3 is 6.09 Å². The van der Waals surface area contributed by atoms with Crippen molar-refractivity contribution in [1.29, 1.82) is 0 Å². The van der Waals surface area contributed by atoms with Crippen molar-refractivity contribution in [1.82, 2.24) is 15.5 Å². The number of aryl methyl sites for hydroxylation is 1. The minimum absolute atomic E-state index is 0.176. The fourth-order valence-corrected chi connectivity index (χ4v) is 3.87. The molecular weight excluding hydrogens is 466 g/mol.